The fraction of sp³-hybridized carbons (Fsp3) is 0.529. The lowest BCUT2D eigenvalue weighted by Gasteiger charge is -2.23. The number of aryl methyl sites for hydroxylation is 2. The third-order valence-electron chi connectivity index (χ3n) is 4.43. The SMILES string of the molecule is Cc1cc(CNC(c2cccs2)C2CCCC2)sc1C. The largest absolute Gasteiger partial charge is 0.304 e. The smallest absolute Gasteiger partial charge is 0.0446 e. The van der Waals surface area contributed by atoms with Crippen LogP contribution in [-0.4, -0.2) is 0 Å². The summed E-state index contributed by atoms with van der Waals surface area (Å²) in [5.41, 5.74) is 1.43. The Morgan fingerprint density at radius 1 is 1.30 bits per heavy atom. The Bertz CT molecular complexity index is 516. The van der Waals surface area contributed by atoms with Gasteiger partial charge < -0.3 is 5.32 Å². The number of nitrogens with one attached hydrogen (secondary N) is 1. The second kappa shape index (κ2) is 6.42. The Balaban J connectivity index is 1.70. The van der Waals surface area contributed by atoms with Gasteiger partial charge >= 0.3 is 0 Å². The molecule has 0 radical (unpaired) electrons. The summed E-state index contributed by atoms with van der Waals surface area (Å²) in [5.74, 6) is 0.829. The first kappa shape index (κ1) is 14.3. The first-order valence-electron chi connectivity index (χ1n) is 7.57. The standard InChI is InChI=1S/C17H23NS2/c1-12-10-15(20-13(12)2)11-18-17(14-6-3-4-7-14)16-8-5-9-19-16/h5,8-10,14,17-18H,3-4,6-7,11H2,1-2H3. The molecule has 1 fully saturated rings. The van der Waals surface area contributed by atoms with Crippen molar-refractivity contribution in [3.8, 4) is 0 Å². The van der Waals surface area contributed by atoms with E-state index >= 15 is 0 Å². The van der Waals surface area contributed by atoms with Gasteiger partial charge in [0.2, 0.25) is 0 Å². The van der Waals surface area contributed by atoms with E-state index in [0.29, 0.717) is 6.04 Å². The van der Waals surface area contributed by atoms with Crippen LogP contribution in [0.1, 0.15) is 51.9 Å². The fourth-order valence-electron chi connectivity index (χ4n) is 3.21. The van der Waals surface area contributed by atoms with Crippen LogP contribution in [0.25, 0.3) is 0 Å². The molecule has 2 heterocycles. The second-order valence-corrected chi connectivity index (χ2v) is 8.19. The molecule has 1 aliphatic rings. The Morgan fingerprint density at radius 2 is 2.10 bits per heavy atom. The van der Waals surface area contributed by atoms with Gasteiger partial charge in [0.1, 0.15) is 0 Å². The van der Waals surface area contributed by atoms with E-state index in [1.807, 2.05) is 22.7 Å². The van der Waals surface area contributed by atoms with Crippen molar-refractivity contribution in [2.45, 2.75) is 52.1 Å². The molecule has 1 nitrogen and oxygen atoms in total. The van der Waals surface area contributed by atoms with Crippen molar-refractivity contribution >= 4 is 22.7 Å². The molecular formula is C17H23NS2. The van der Waals surface area contributed by atoms with Gasteiger partial charge in [0.25, 0.3) is 0 Å². The van der Waals surface area contributed by atoms with Crippen LogP contribution in [0.5, 0.6) is 0 Å². The molecule has 0 aliphatic heterocycles. The van der Waals surface area contributed by atoms with Crippen molar-refractivity contribution in [3.05, 3.63) is 43.8 Å². The van der Waals surface area contributed by atoms with Crippen LogP contribution in [0.2, 0.25) is 0 Å². The van der Waals surface area contributed by atoms with E-state index in [1.165, 1.54) is 45.9 Å². The lowest BCUT2D eigenvalue weighted by atomic mass is 9.96. The highest BCUT2D eigenvalue weighted by Gasteiger charge is 2.26. The highest BCUT2D eigenvalue weighted by molar-refractivity contribution is 7.12. The summed E-state index contributed by atoms with van der Waals surface area (Å²) in [5, 5.41) is 6.05. The molecule has 1 aliphatic carbocycles. The number of thiophene rings is 2. The summed E-state index contributed by atoms with van der Waals surface area (Å²) in [4.78, 5) is 4.44. The van der Waals surface area contributed by atoms with E-state index in [2.05, 4.69) is 42.7 Å². The summed E-state index contributed by atoms with van der Waals surface area (Å²) in [7, 11) is 0. The van der Waals surface area contributed by atoms with E-state index < -0.39 is 0 Å². The summed E-state index contributed by atoms with van der Waals surface area (Å²) < 4.78 is 0. The minimum absolute atomic E-state index is 0.556. The molecule has 1 atom stereocenters. The predicted octanol–water partition coefficient (Wildman–Crippen LogP) is 5.45. The van der Waals surface area contributed by atoms with Gasteiger partial charge in [-0.25, -0.2) is 0 Å². The van der Waals surface area contributed by atoms with Crippen LogP contribution in [0.3, 0.4) is 0 Å². The van der Waals surface area contributed by atoms with Gasteiger partial charge in [0.15, 0.2) is 0 Å². The maximum atomic E-state index is 3.84. The van der Waals surface area contributed by atoms with Crippen LogP contribution in [0.15, 0.2) is 23.6 Å². The lowest BCUT2D eigenvalue weighted by molar-refractivity contribution is 0.372. The number of hydrogen-bond donors (Lipinski definition) is 1. The molecule has 0 amide bonds. The van der Waals surface area contributed by atoms with Crippen molar-refractivity contribution in [3.63, 3.8) is 0 Å². The molecule has 20 heavy (non-hydrogen) atoms. The van der Waals surface area contributed by atoms with Gasteiger partial charge in [-0.15, -0.1) is 22.7 Å². The Hall–Kier alpha value is -0.640. The quantitative estimate of drug-likeness (QED) is 0.774. The average Bonchev–Trinajstić information content (AvgIpc) is 3.15. The molecule has 3 rings (SSSR count). The highest BCUT2D eigenvalue weighted by atomic mass is 32.1. The van der Waals surface area contributed by atoms with E-state index in [-0.39, 0.29) is 0 Å². The first-order valence-corrected chi connectivity index (χ1v) is 9.26. The molecule has 2 aromatic heterocycles. The fourth-order valence-corrected chi connectivity index (χ4v) is 5.10. The Kier molecular flexibility index (Phi) is 4.59. The monoisotopic (exact) mass is 305 g/mol. The van der Waals surface area contributed by atoms with Gasteiger partial charge in [-0.1, -0.05) is 18.9 Å². The zero-order valence-corrected chi connectivity index (χ0v) is 13.9. The molecule has 1 N–H and O–H groups in total. The van der Waals surface area contributed by atoms with Gasteiger partial charge in [0.05, 0.1) is 0 Å². The van der Waals surface area contributed by atoms with Gasteiger partial charge in [-0.05, 0) is 55.7 Å². The molecule has 1 unspecified atom stereocenters. The van der Waals surface area contributed by atoms with E-state index in [9.17, 15) is 0 Å². The Morgan fingerprint density at radius 3 is 2.70 bits per heavy atom. The normalized spacial score (nSPS) is 17.7. The number of hydrogen-bond acceptors (Lipinski definition) is 3. The average molecular weight is 306 g/mol. The molecule has 2 aromatic rings. The van der Waals surface area contributed by atoms with E-state index in [4.69, 9.17) is 0 Å². The lowest BCUT2D eigenvalue weighted by Crippen LogP contribution is -2.25. The predicted molar refractivity (Wildman–Crippen MR) is 89.7 cm³/mol. The molecule has 0 saturated heterocycles. The van der Waals surface area contributed by atoms with Crippen molar-refractivity contribution in [1.29, 1.82) is 0 Å². The minimum atomic E-state index is 0.556. The third kappa shape index (κ3) is 3.16. The van der Waals surface area contributed by atoms with Gasteiger partial charge in [-0.3, -0.25) is 0 Å². The maximum Gasteiger partial charge on any atom is 0.0446 e. The van der Waals surface area contributed by atoms with Crippen molar-refractivity contribution in [1.82, 2.24) is 5.32 Å². The molecular weight excluding hydrogens is 282 g/mol. The van der Waals surface area contributed by atoms with Crippen LogP contribution in [0, 0.1) is 19.8 Å². The van der Waals surface area contributed by atoms with Crippen LogP contribution in [-0.2, 0) is 6.54 Å². The van der Waals surface area contributed by atoms with Crippen molar-refractivity contribution in [2.75, 3.05) is 0 Å². The zero-order valence-electron chi connectivity index (χ0n) is 12.3. The summed E-state index contributed by atoms with van der Waals surface area (Å²) in [6.45, 7) is 5.44. The molecule has 108 valence electrons. The molecule has 1 saturated carbocycles. The summed E-state index contributed by atoms with van der Waals surface area (Å²) in [6.07, 6.45) is 5.59. The molecule has 3 heteroatoms. The van der Waals surface area contributed by atoms with E-state index in [1.54, 1.807) is 0 Å². The first-order chi connectivity index (χ1) is 9.74. The van der Waals surface area contributed by atoms with Crippen molar-refractivity contribution < 1.29 is 0 Å². The molecule has 0 bridgehead atoms. The maximum absolute atomic E-state index is 3.84. The van der Waals surface area contributed by atoms with Crippen LogP contribution >= 0.6 is 22.7 Å². The minimum Gasteiger partial charge on any atom is -0.304 e. The van der Waals surface area contributed by atoms with Gasteiger partial charge in [0, 0.05) is 27.2 Å². The van der Waals surface area contributed by atoms with Crippen LogP contribution < -0.4 is 5.32 Å². The second-order valence-electron chi connectivity index (χ2n) is 5.87. The third-order valence-corrected chi connectivity index (χ3v) is 6.54. The molecule has 0 aromatic carbocycles. The van der Waals surface area contributed by atoms with E-state index in [0.717, 1.165) is 12.5 Å². The van der Waals surface area contributed by atoms with Crippen LogP contribution in [0.4, 0.5) is 0 Å². The highest BCUT2D eigenvalue weighted by Crippen LogP contribution is 2.37. The number of rotatable bonds is 5. The summed E-state index contributed by atoms with van der Waals surface area (Å²) >= 11 is 3.84. The topological polar surface area (TPSA) is 12.0 Å². The van der Waals surface area contributed by atoms with Crippen molar-refractivity contribution in [2.24, 2.45) is 5.92 Å². The summed E-state index contributed by atoms with van der Waals surface area (Å²) in [6, 6.07) is 7.38. The Labute approximate surface area is 130 Å². The molecule has 0 spiro atoms. The van der Waals surface area contributed by atoms with Gasteiger partial charge in [-0.2, -0.15) is 0 Å². The zero-order chi connectivity index (χ0) is 13.9.